The Morgan fingerprint density at radius 2 is 1.85 bits per heavy atom. The molecule has 5 nitrogen and oxygen atoms in total. The van der Waals surface area contributed by atoms with E-state index in [1.54, 1.807) is 24.3 Å². The summed E-state index contributed by atoms with van der Waals surface area (Å²) in [6, 6.07) is 8.91. The second-order valence-corrected chi connectivity index (χ2v) is 5.46. The molecule has 0 unspecified atom stereocenters. The number of rotatable bonds is 5. The van der Waals surface area contributed by atoms with Crippen molar-refractivity contribution in [1.29, 1.82) is 0 Å². The molecule has 0 saturated carbocycles. The Labute approximate surface area is 159 Å². The zero-order valence-corrected chi connectivity index (χ0v) is 15.4. The summed E-state index contributed by atoms with van der Waals surface area (Å²) in [7, 11) is 0. The largest absolute Gasteiger partial charge is 0.481 e. The fourth-order valence-corrected chi connectivity index (χ4v) is 2.27. The van der Waals surface area contributed by atoms with Crippen LogP contribution in [-0.4, -0.2) is 10.9 Å². The van der Waals surface area contributed by atoms with E-state index in [9.17, 15) is 13.6 Å². The Hall–Kier alpha value is -2.93. The standard InChI is InChI=1S/C17H11ClF2N2O3.C2H6/c18-10-3-1-9(2-4-10)12-7-25-14(22-12)8-24-13-6-5-11(19)15(16(13)20)17(21)23;1-2/h1-7H,8H2,(H2,21,23);1-2H3. The molecule has 0 bridgehead atoms. The summed E-state index contributed by atoms with van der Waals surface area (Å²) < 4.78 is 38.0. The summed E-state index contributed by atoms with van der Waals surface area (Å²) in [6.07, 6.45) is 1.41. The minimum Gasteiger partial charge on any atom is -0.481 e. The lowest BCUT2D eigenvalue weighted by Crippen LogP contribution is -2.16. The second kappa shape index (κ2) is 9.14. The summed E-state index contributed by atoms with van der Waals surface area (Å²) in [4.78, 5) is 15.3. The number of oxazole rings is 1. The quantitative estimate of drug-likeness (QED) is 0.662. The molecule has 0 radical (unpaired) electrons. The molecule has 0 spiro atoms. The molecule has 0 aliphatic carbocycles. The van der Waals surface area contributed by atoms with Crippen LogP contribution in [0.1, 0.15) is 30.1 Å². The van der Waals surface area contributed by atoms with Gasteiger partial charge in [0.15, 0.2) is 18.2 Å². The zero-order valence-electron chi connectivity index (χ0n) is 14.6. The van der Waals surface area contributed by atoms with Crippen LogP contribution in [0.25, 0.3) is 11.3 Å². The van der Waals surface area contributed by atoms with Crippen molar-refractivity contribution in [2.24, 2.45) is 5.73 Å². The molecule has 1 amide bonds. The van der Waals surface area contributed by atoms with Gasteiger partial charge < -0.3 is 14.9 Å². The third-order valence-corrected chi connectivity index (χ3v) is 3.60. The Morgan fingerprint density at radius 3 is 2.48 bits per heavy atom. The van der Waals surface area contributed by atoms with Gasteiger partial charge >= 0.3 is 0 Å². The number of benzene rings is 2. The molecule has 0 fully saturated rings. The minimum atomic E-state index is -1.22. The van der Waals surface area contributed by atoms with Crippen LogP contribution in [0.5, 0.6) is 5.75 Å². The number of nitrogens with zero attached hydrogens (tertiary/aromatic N) is 1. The van der Waals surface area contributed by atoms with Crippen molar-refractivity contribution in [1.82, 2.24) is 4.98 Å². The van der Waals surface area contributed by atoms with Gasteiger partial charge in [-0.3, -0.25) is 4.79 Å². The van der Waals surface area contributed by atoms with E-state index in [1.165, 1.54) is 6.26 Å². The molecule has 0 saturated heterocycles. The number of ether oxygens (including phenoxy) is 1. The first kappa shape index (κ1) is 20.4. The van der Waals surface area contributed by atoms with Gasteiger partial charge in [0.05, 0.1) is 0 Å². The van der Waals surface area contributed by atoms with Gasteiger partial charge in [0, 0.05) is 10.6 Å². The zero-order chi connectivity index (χ0) is 20.0. The fourth-order valence-electron chi connectivity index (χ4n) is 2.14. The van der Waals surface area contributed by atoms with Gasteiger partial charge in [-0.25, -0.2) is 13.8 Å². The summed E-state index contributed by atoms with van der Waals surface area (Å²) >= 11 is 5.82. The van der Waals surface area contributed by atoms with Crippen molar-refractivity contribution in [3.8, 4) is 17.0 Å². The lowest BCUT2D eigenvalue weighted by atomic mass is 10.1. The predicted octanol–water partition coefficient (Wildman–Crippen LogP) is 4.98. The molecule has 0 atom stereocenters. The molecule has 0 aliphatic rings. The highest BCUT2D eigenvalue weighted by Crippen LogP contribution is 2.25. The molecule has 3 aromatic rings. The number of nitrogens with two attached hydrogens (primary N) is 1. The average Bonchev–Trinajstić information content (AvgIpc) is 3.12. The monoisotopic (exact) mass is 394 g/mol. The molecule has 3 rings (SSSR count). The maximum Gasteiger partial charge on any atom is 0.254 e. The van der Waals surface area contributed by atoms with Gasteiger partial charge in [-0.05, 0) is 24.3 Å². The maximum absolute atomic E-state index is 14.1. The summed E-state index contributed by atoms with van der Waals surface area (Å²) in [5.41, 5.74) is 5.43. The van der Waals surface area contributed by atoms with Gasteiger partial charge in [-0.2, -0.15) is 0 Å². The highest BCUT2D eigenvalue weighted by Gasteiger charge is 2.19. The highest BCUT2D eigenvalue weighted by atomic mass is 35.5. The molecule has 0 aliphatic heterocycles. The molecule has 2 aromatic carbocycles. The maximum atomic E-state index is 14.1. The molecule has 8 heteroatoms. The Morgan fingerprint density at radius 1 is 1.19 bits per heavy atom. The number of primary amides is 1. The normalized spacial score (nSPS) is 10.1. The van der Waals surface area contributed by atoms with E-state index < -0.39 is 23.1 Å². The Kier molecular flexibility index (Phi) is 6.90. The van der Waals surface area contributed by atoms with Gasteiger partial charge in [0.1, 0.15) is 23.3 Å². The lowest BCUT2D eigenvalue weighted by Gasteiger charge is -2.08. The number of halogens is 3. The smallest absolute Gasteiger partial charge is 0.254 e. The predicted molar refractivity (Wildman–Crippen MR) is 97.5 cm³/mol. The van der Waals surface area contributed by atoms with Gasteiger partial charge in [-0.1, -0.05) is 37.6 Å². The molecule has 142 valence electrons. The first-order valence-electron chi connectivity index (χ1n) is 8.06. The summed E-state index contributed by atoms with van der Waals surface area (Å²) in [5.74, 6) is -3.60. The van der Waals surface area contributed by atoms with E-state index in [2.05, 4.69) is 4.98 Å². The number of hydrogen-bond donors (Lipinski definition) is 1. The summed E-state index contributed by atoms with van der Waals surface area (Å²) in [5, 5.41) is 0.591. The molecular weight excluding hydrogens is 378 g/mol. The van der Waals surface area contributed by atoms with Crippen LogP contribution in [0.2, 0.25) is 5.02 Å². The molecular formula is C19H17ClF2N2O3. The number of hydrogen-bond acceptors (Lipinski definition) is 4. The van der Waals surface area contributed by atoms with Crippen LogP contribution in [0.4, 0.5) is 8.78 Å². The minimum absolute atomic E-state index is 0.175. The summed E-state index contributed by atoms with van der Waals surface area (Å²) in [6.45, 7) is 3.79. The molecule has 1 aromatic heterocycles. The third kappa shape index (κ3) is 4.83. The van der Waals surface area contributed by atoms with Crippen molar-refractivity contribution in [3.05, 3.63) is 70.8 Å². The van der Waals surface area contributed by atoms with Crippen LogP contribution in [0.15, 0.2) is 47.1 Å². The molecule has 1 heterocycles. The average molecular weight is 395 g/mol. The first-order chi connectivity index (χ1) is 13.0. The van der Waals surface area contributed by atoms with E-state index >= 15 is 0 Å². The number of amides is 1. The van der Waals surface area contributed by atoms with Gasteiger partial charge in [0.25, 0.3) is 5.91 Å². The lowest BCUT2D eigenvalue weighted by molar-refractivity contribution is 0.0991. The molecule has 27 heavy (non-hydrogen) atoms. The van der Waals surface area contributed by atoms with E-state index in [1.807, 2.05) is 13.8 Å². The van der Waals surface area contributed by atoms with Crippen molar-refractivity contribution < 1.29 is 22.7 Å². The van der Waals surface area contributed by atoms with E-state index in [0.29, 0.717) is 10.7 Å². The number of aromatic nitrogens is 1. The third-order valence-electron chi connectivity index (χ3n) is 3.34. The van der Waals surface area contributed by atoms with Crippen LogP contribution in [0, 0.1) is 11.6 Å². The topological polar surface area (TPSA) is 78.4 Å². The first-order valence-corrected chi connectivity index (χ1v) is 8.44. The van der Waals surface area contributed by atoms with Crippen LogP contribution >= 0.6 is 11.6 Å². The van der Waals surface area contributed by atoms with Gasteiger partial charge in [-0.15, -0.1) is 0 Å². The van der Waals surface area contributed by atoms with E-state index in [4.69, 9.17) is 26.5 Å². The second-order valence-electron chi connectivity index (χ2n) is 5.02. The van der Waals surface area contributed by atoms with E-state index in [-0.39, 0.29) is 18.2 Å². The van der Waals surface area contributed by atoms with Crippen LogP contribution in [-0.2, 0) is 6.61 Å². The Bertz CT molecular complexity index is 927. The Balaban J connectivity index is 0.00000126. The van der Waals surface area contributed by atoms with Crippen LogP contribution in [0.3, 0.4) is 0 Å². The highest BCUT2D eigenvalue weighted by molar-refractivity contribution is 6.30. The van der Waals surface area contributed by atoms with Crippen molar-refractivity contribution in [3.63, 3.8) is 0 Å². The van der Waals surface area contributed by atoms with Gasteiger partial charge in [0.2, 0.25) is 5.89 Å². The molecule has 2 N–H and O–H groups in total. The SMILES string of the molecule is CC.NC(=O)c1c(F)ccc(OCc2nc(-c3ccc(Cl)cc3)co2)c1F. The van der Waals surface area contributed by atoms with E-state index in [0.717, 1.165) is 17.7 Å². The number of carbonyl (C=O) groups is 1. The van der Waals surface area contributed by atoms with Crippen molar-refractivity contribution in [2.75, 3.05) is 0 Å². The fraction of sp³-hybridized carbons (Fsp3) is 0.158. The number of carbonyl (C=O) groups excluding carboxylic acids is 1. The van der Waals surface area contributed by atoms with Crippen LogP contribution < -0.4 is 10.5 Å². The van der Waals surface area contributed by atoms with Crippen molar-refractivity contribution in [2.45, 2.75) is 20.5 Å². The van der Waals surface area contributed by atoms with Crippen molar-refractivity contribution >= 4 is 17.5 Å².